The van der Waals surface area contributed by atoms with E-state index in [0.29, 0.717) is 0 Å². The standard InChI is InChI=1S/C18H19NO4/c1-11-6-4-7-12(2)16(11)19-17(21)13(3)23-18(22)14-8-5-9-15(20)10-14/h4-10,13,20H,1-3H3,(H,19,21)/t13-/m1/s1. The Bertz CT molecular complexity index is 719. The monoisotopic (exact) mass is 313 g/mol. The third-order valence-electron chi connectivity index (χ3n) is 3.46. The molecule has 2 aromatic carbocycles. The van der Waals surface area contributed by atoms with Gasteiger partial charge in [0.1, 0.15) is 5.75 Å². The fourth-order valence-electron chi connectivity index (χ4n) is 2.15. The molecule has 2 N–H and O–H groups in total. The van der Waals surface area contributed by atoms with Crippen LogP contribution in [0.4, 0.5) is 5.69 Å². The average Bonchev–Trinajstić information content (AvgIpc) is 2.50. The molecule has 0 spiro atoms. The SMILES string of the molecule is Cc1cccc(C)c1NC(=O)[C@@H](C)OC(=O)c1cccc(O)c1. The number of phenols is 1. The van der Waals surface area contributed by atoms with Gasteiger partial charge in [-0.15, -0.1) is 0 Å². The molecule has 5 nitrogen and oxygen atoms in total. The summed E-state index contributed by atoms with van der Waals surface area (Å²) in [6, 6.07) is 11.5. The molecule has 2 rings (SSSR count). The van der Waals surface area contributed by atoms with E-state index in [4.69, 9.17) is 4.74 Å². The molecule has 0 aliphatic carbocycles. The number of aromatic hydroxyl groups is 1. The predicted octanol–water partition coefficient (Wildman–Crippen LogP) is 3.19. The lowest BCUT2D eigenvalue weighted by molar-refractivity contribution is -0.123. The summed E-state index contributed by atoms with van der Waals surface area (Å²) >= 11 is 0. The Morgan fingerprint density at radius 2 is 1.70 bits per heavy atom. The maximum absolute atomic E-state index is 12.2. The molecule has 1 atom stereocenters. The molecule has 2 aromatic rings. The number of anilines is 1. The van der Waals surface area contributed by atoms with E-state index in [2.05, 4.69) is 5.32 Å². The molecule has 0 unspecified atom stereocenters. The van der Waals surface area contributed by atoms with Gasteiger partial charge in [-0.05, 0) is 50.1 Å². The second-order valence-corrected chi connectivity index (χ2v) is 5.35. The third-order valence-corrected chi connectivity index (χ3v) is 3.46. The first kappa shape index (κ1) is 16.5. The topological polar surface area (TPSA) is 75.6 Å². The highest BCUT2D eigenvalue weighted by atomic mass is 16.5. The molecule has 5 heteroatoms. The van der Waals surface area contributed by atoms with Gasteiger partial charge in [0.2, 0.25) is 0 Å². The zero-order valence-electron chi connectivity index (χ0n) is 13.3. The minimum Gasteiger partial charge on any atom is -0.508 e. The number of carbonyl (C=O) groups is 2. The van der Waals surface area contributed by atoms with Crippen LogP contribution < -0.4 is 5.32 Å². The fraction of sp³-hybridized carbons (Fsp3) is 0.222. The number of aryl methyl sites for hydroxylation is 2. The van der Waals surface area contributed by atoms with E-state index in [0.717, 1.165) is 16.8 Å². The predicted molar refractivity (Wildman–Crippen MR) is 87.5 cm³/mol. The maximum Gasteiger partial charge on any atom is 0.339 e. The van der Waals surface area contributed by atoms with Gasteiger partial charge in [-0.25, -0.2) is 4.79 Å². The smallest absolute Gasteiger partial charge is 0.339 e. The lowest BCUT2D eigenvalue weighted by Crippen LogP contribution is -2.30. The van der Waals surface area contributed by atoms with E-state index in [-0.39, 0.29) is 11.3 Å². The van der Waals surface area contributed by atoms with Crippen molar-refractivity contribution >= 4 is 17.6 Å². The van der Waals surface area contributed by atoms with Crippen molar-refractivity contribution in [2.24, 2.45) is 0 Å². The first-order chi connectivity index (χ1) is 10.9. The number of ether oxygens (including phenoxy) is 1. The minimum absolute atomic E-state index is 0.0351. The zero-order valence-corrected chi connectivity index (χ0v) is 13.3. The van der Waals surface area contributed by atoms with Gasteiger partial charge in [-0.1, -0.05) is 24.3 Å². The summed E-state index contributed by atoms with van der Waals surface area (Å²) in [4.78, 5) is 24.2. The third kappa shape index (κ3) is 4.10. The molecule has 0 aliphatic rings. The first-order valence-electron chi connectivity index (χ1n) is 7.25. The van der Waals surface area contributed by atoms with Gasteiger partial charge in [-0.3, -0.25) is 4.79 Å². The number of benzene rings is 2. The minimum atomic E-state index is -0.955. The lowest BCUT2D eigenvalue weighted by Gasteiger charge is -2.16. The van der Waals surface area contributed by atoms with Gasteiger partial charge in [-0.2, -0.15) is 0 Å². The molecule has 0 saturated carbocycles. The van der Waals surface area contributed by atoms with Crippen molar-refractivity contribution in [3.05, 3.63) is 59.2 Å². The zero-order chi connectivity index (χ0) is 17.0. The normalized spacial score (nSPS) is 11.6. The summed E-state index contributed by atoms with van der Waals surface area (Å²) in [5, 5.41) is 12.2. The Kier molecular flexibility index (Phi) is 5.01. The molecule has 0 aromatic heterocycles. The van der Waals surface area contributed by atoms with Crippen molar-refractivity contribution in [2.75, 3.05) is 5.32 Å². The number of hydrogen-bond donors (Lipinski definition) is 2. The number of hydrogen-bond acceptors (Lipinski definition) is 4. The lowest BCUT2D eigenvalue weighted by atomic mass is 10.1. The Balaban J connectivity index is 2.04. The first-order valence-corrected chi connectivity index (χ1v) is 7.25. The van der Waals surface area contributed by atoms with E-state index in [1.807, 2.05) is 32.0 Å². The number of phenolic OH excluding ortho intramolecular Hbond substituents is 1. The van der Waals surface area contributed by atoms with Crippen molar-refractivity contribution in [3.63, 3.8) is 0 Å². The highest BCUT2D eigenvalue weighted by Gasteiger charge is 2.20. The second-order valence-electron chi connectivity index (χ2n) is 5.35. The highest BCUT2D eigenvalue weighted by Crippen LogP contribution is 2.20. The molecular weight excluding hydrogens is 294 g/mol. The van der Waals surface area contributed by atoms with Crippen molar-refractivity contribution in [1.29, 1.82) is 0 Å². The van der Waals surface area contributed by atoms with Crippen LogP contribution in [-0.2, 0) is 9.53 Å². The summed E-state index contributed by atoms with van der Waals surface area (Å²) in [6.45, 7) is 5.29. The molecule has 23 heavy (non-hydrogen) atoms. The van der Waals surface area contributed by atoms with Gasteiger partial charge in [0, 0.05) is 5.69 Å². The van der Waals surface area contributed by atoms with Gasteiger partial charge in [0.05, 0.1) is 5.56 Å². The van der Waals surface area contributed by atoms with Gasteiger partial charge in [0.25, 0.3) is 5.91 Å². The largest absolute Gasteiger partial charge is 0.508 e. The molecule has 0 aliphatic heterocycles. The molecule has 1 amide bonds. The fourth-order valence-corrected chi connectivity index (χ4v) is 2.15. The molecule has 0 fully saturated rings. The number of nitrogens with one attached hydrogen (secondary N) is 1. The Hall–Kier alpha value is -2.82. The van der Waals surface area contributed by atoms with Crippen LogP contribution in [0, 0.1) is 13.8 Å². The van der Waals surface area contributed by atoms with E-state index in [1.165, 1.54) is 31.2 Å². The van der Waals surface area contributed by atoms with Crippen LogP contribution in [0.3, 0.4) is 0 Å². The summed E-state index contributed by atoms with van der Waals surface area (Å²) in [5.74, 6) is -1.10. The quantitative estimate of drug-likeness (QED) is 0.850. The van der Waals surface area contributed by atoms with Crippen LogP contribution in [0.15, 0.2) is 42.5 Å². The summed E-state index contributed by atoms with van der Waals surface area (Å²) < 4.78 is 5.14. The summed E-state index contributed by atoms with van der Waals surface area (Å²) in [6.07, 6.45) is -0.955. The van der Waals surface area contributed by atoms with Crippen molar-refractivity contribution in [1.82, 2.24) is 0 Å². The van der Waals surface area contributed by atoms with Crippen LogP contribution in [0.25, 0.3) is 0 Å². The van der Waals surface area contributed by atoms with Crippen molar-refractivity contribution in [3.8, 4) is 5.75 Å². The Morgan fingerprint density at radius 3 is 2.30 bits per heavy atom. The van der Waals surface area contributed by atoms with E-state index in [9.17, 15) is 14.7 Å². The van der Waals surface area contributed by atoms with E-state index >= 15 is 0 Å². The van der Waals surface area contributed by atoms with Crippen LogP contribution in [0.2, 0.25) is 0 Å². The molecule has 0 radical (unpaired) electrons. The molecule has 120 valence electrons. The van der Waals surface area contributed by atoms with Gasteiger partial charge in [0.15, 0.2) is 6.10 Å². The Labute approximate surface area is 134 Å². The highest BCUT2D eigenvalue weighted by molar-refractivity contribution is 5.98. The Morgan fingerprint density at radius 1 is 1.09 bits per heavy atom. The number of rotatable bonds is 4. The van der Waals surface area contributed by atoms with E-state index in [1.54, 1.807) is 0 Å². The number of para-hydroxylation sites is 1. The van der Waals surface area contributed by atoms with Crippen LogP contribution >= 0.6 is 0 Å². The molecule has 0 saturated heterocycles. The van der Waals surface area contributed by atoms with Crippen LogP contribution in [0.5, 0.6) is 5.75 Å². The van der Waals surface area contributed by atoms with Crippen molar-refractivity contribution < 1.29 is 19.4 Å². The number of amides is 1. The van der Waals surface area contributed by atoms with Gasteiger partial charge >= 0.3 is 5.97 Å². The van der Waals surface area contributed by atoms with Gasteiger partial charge < -0.3 is 15.2 Å². The molecular formula is C18H19NO4. The second kappa shape index (κ2) is 6.96. The van der Waals surface area contributed by atoms with Crippen LogP contribution in [0.1, 0.15) is 28.4 Å². The number of carbonyl (C=O) groups excluding carboxylic acids is 2. The van der Waals surface area contributed by atoms with Crippen molar-refractivity contribution in [2.45, 2.75) is 26.9 Å². The summed E-state index contributed by atoms with van der Waals surface area (Å²) in [7, 11) is 0. The number of esters is 1. The average molecular weight is 313 g/mol. The molecule has 0 bridgehead atoms. The molecule has 0 heterocycles. The van der Waals surface area contributed by atoms with E-state index < -0.39 is 18.0 Å². The van der Waals surface area contributed by atoms with Crippen LogP contribution in [-0.4, -0.2) is 23.1 Å². The summed E-state index contributed by atoms with van der Waals surface area (Å²) in [5.41, 5.74) is 2.78. The maximum atomic E-state index is 12.2.